The predicted octanol–water partition coefficient (Wildman–Crippen LogP) is 8.32. The largest absolute Gasteiger partial charge is 0.478 e. The molecule has 8 unspecified atom stereocenters. The number of ether oxygens (including phenoxy) is 8. The minimum atomic E-state index is -4.04. The zero-order valence-corrected chi connectivity index (χ0v) is 53.1. The standard InChI is InChI=1S/C48H88O20Si8/c1(17-41-33-49-41)9-25-69-57-70(26-10-2-18-42-34-50-42)60-73(29-13-5-21-45-37-53-45)62-71(58-69,27-11-3-19-43-35-51-43)64-75(31-15-7-23-47-39-55-47)65-72(59-69,28-12-4-20-44-36-52-44)63-74(61-70,30-14-6-22-46-38-54-46)67-76(66-73,68-75)32-16-8-24-48-40-56-48/h41-48H,1-40H2. The molecule has 8 atom stereocenters. The third-order valence-corrected chi connectivity index (χ3v) is 54.6. The summed E-state index contributed by atoms with van der Waals surface area (Å²) in [6.45, 7) is 6.47. The van der Waals surface area contributed by atoms with E-state index < -0.39 is 70.4 Å². The second-order valence-corrected chi connectivity index (χ2v) is 49.0. The Labute approximate surface area is 459 Å². The zero-order valence-electron chi connectivity index (χ0n) is 45.1. The lowest BCUT2D eigenvalue weighted by atomic mass is 10.2. The van der Waals surface area contributed by atoms with Crippen molar-refractivity contribution in [2.75, 3.05) is 52.9 Å². The van der Waals surface area contributed by atoms with Gasteiger partial charge in [0.2, 0.25) is 0 Å². The Hall–Kier alpha value is 0.935. The van der Waals surface area contributed by atoms with Gasteiger partial charge in [0, 0.05) is 48.4 Å². The lowest BCUT2D eigenvalue weighted by Crippen LogP contribution is -2.88. The quantitative estimate of drug-likeness (QED) is 0.0321. The summed E-state index contributed by atoms with van der Waals surface area (Å²) in [5.74, 6) is 0. The number of unbranched alkanes of at least 4 members (excludes halogenated alkanes) is 8. The van der Waals surface area contributed by atoms with Crippen LogP contribution in [0.5, 0.6) is 0 Å². The molecule has 14 fully saturated rings. The maximum absolute atomic E-state index is 8.19. The van der Waals surface area contributed by atoms with Gasteiger partial charge in [-0.1, -0.05) is 51.4 Å². The van der Waals surface area contributed by atoms with Gasteiger partial charge in [-0.25, -0.2) is 0 Å². The average molecular weight is 1210 g/mol. The minimum absolute atomic E-state index is 0.292. The van der Waals surface area contributed by atoms with Crippen molar-refractivity contribution in [1.82, 2.24) is 0 Å². The Morgan fingerprint density at radius 2 is 0.276 bits per heavy atom. The van der Waals surface area contributed by atoms with E-state index in [1.165, 1.54) is 0 Å². The third-order valence-electron chi connectivity index (χ3n) is 17.0. The van der Waals surface area contributed by atoms with Crippen molar-refractivity contribution in [2.45, 2.75) is 251 Å². The van der Waals surface area contributed by atoms with Gasteiger partial charge in [0.15, 0.2) is 0 Å². The molecular weight excluding hydrogens is 1120 g/mol. The van der Waals surface area contributed by atoms with Crippen molar-refractivity contribution < 1.29 is 87.3 Å². The molecule has 432 valence electrons. The summed E-state index contributed by atoms with van der Waals surface area (Å²) in [6.07, 6.45) is 23.7. The summed E-state index contributed by atoms with van der Waals surface area (Å²) in [5, 5.41) is 0. The molecule has 14 heterocycles. The van der Waals surface area contributed by atoms with Crippen molar-refractivity contribution >= 4 is 70.4 Å². The first-order valence-electron chi connectivity index (χ1n) is 30.5. The highest BCUT2D eigenvalue weighted by atomic mass is 28.6. The van der Waals surface area contributed by atoms with Crippen molar-refractivity contribution in [1.29, 1.82) is 0 Å². The Morgan fingerprint density at radius 3 is 0.368 bits per heavy atom. The zero-order chi connectivity index (χ0) is 51.0. The molecule has 0 amide bonds. The highest BCUT2D eigenvalue weighted by Crippen LogP contribution is 2.56. The molecule has 76 heavy (non-hydrogen) atoms. The van der Waals surface area contributed by atoms with Crippen LogP contribution in [0, 0.1) is 0 Å². The SMILES string of the molecule is C(CC[Si]12O[Si]3(CCCCC4CO4)O[Si]4(CCCCC5CO5)O[Si](CCCCC5CO5)(O1)O[Si]1(CCCCC5CO5)O[Si](CCCCC5CO5)(O2)O[Si](CCCCC2CO2)(O3)O[Si](CCCCC2CO2)(O4)O1)CC1CO1. The lowest BCUT2D eigenvalue weighted by molar-refractivity contribution is -0.0315. The maximum atomic E-state index is 8.19. The van der Waals surface area contributed by atoms with E-state index in [1.54, 1.807) is 0 Å². The van der Waals surface area contributed by atoms with Gasteiger partial charge >= 0.3 is 70.4 Å². The van der Waals surface area contributed by atoms with Crippen LogP contribution in [0.1, 0.15) is 154 Å². The molecule has 28 heteroatoms. The highest BCUT2D eigenvalue weighted by molar-refractivity contribution is 7.03. The first kappa shape index (κ1) is 56.1. The van der Waals surface area contributed by atoms with Gasteiger partial charge in [0.25, 0.3) is 0 Å². The Bertz CT molecular complexity index is 1440. The first-order chi connectivity index (χ1) is 37.1. The van der Waals surface area contributed by atoms with E-state index in [2.05, 4.69) is 0 Å². The number of epoxide rings is 8. The molecule has 0 aromatic rings. The van der Waals surface area contributed by atoms with Crippen molar-refractivity contribution in [3.63, 3.8) is 0 Å². The van der Waals surface area contributed by atoms with Gasteiger partial charge in [-0.3, -0.25) is 0 Å². The fourth-order valence-corrected chi connectivity index (χ4v) is 63.2. The van der Waals surface area contributed by atoms with Gasteiger partial charge in [-0.2, -0.15) is 0 Å². The second-order valence-electron chi connectivity index (χ2n) is 24.3. The summed E-state index contributed by atoms with van der Waals surface area (Å²) in [7, 11) is -32.4. The fourth-order valence-electron chi connectivity index (χ4n) is 12.2. The van der Waals surface area contributed by atoms with E-state index >= 15 is 0 Å². The summed E-state index contributed by atoms with van der Waals surface area (Å²) < 4.78 is 144. The third kappa shape index (κ3) is 15.8. The van der Waals surface area contributed by atoms with Crippen LogP contribution in [-0.4, -0.2) is 172 Å². The van der Waals surface area contributed by atoms with E-state index in [4.69, 9.17) is 87.3 Å². The topological polar surface area (TPSA) is 211 Å². The summed E-state index contributed by atoms with van der Waals surface area (Å²) in [6, 6.07) is 4.11. The summed E-state index contributed by atoms with van der Waals surface area (Å²) in [4.78, 5) is 0. The van der Waals surface area contributed by atoms with Crippen LogP contribution >= 0.6 is 0 Å². The van der Waals surface area contributed by atoms with E-state index in [9.17, 15) is 0 Å². The summed E-state index contributed by atoms with van der Waals surface area (Å²) in [5.41, 5.74) is 0. The van der Waals surface area contributed by atoms with Crippen LogP contribution in [-0.2, 0) is 87.3 Å². The van der Waals surface area contributed by atoms with Crippen molar-refractivity contribution in [3.8, 4) is 0 Å². The fraction of sp³-hybridized carbons (Fsp3) is 1.00. The van der Waals surface area contributed by atoms with Gasteiger partial charge in [0.05, 0.1) is 102 Å². The average Bonchev–Trinajstić information content (AvgIpc) is 4.23. The van der Waals surface area contributed by atoms with Gasteiger partial charge in [-0.05, 0) is 103 Å². The van der Waals surface area contributed by atoms with E-state index in [0.29, 0.717) is 97.2 Å². The van der Waals surface area contributed by atoms with E-state index in [-0.39, 0.29) is 0 Å². The molecule has 0 aromatic carbocycles. The number of hydrogen-bond donors (Lipinski definition) is 0. The molecule has 0 aromatic heterocycles. The lowest BCUT2D eigenvalue weighted by Gasteiger charge is -2.63. The molecule has 14 aliphatic rings. The molecule has 0 radical (unpaired) electrons. The van der Waals surface area contributed by atoms with Crippen LogP contribution in [0.2, 0.25) is 48.4 Å². The Morgan fingerprint density at radius 1 is 0.171 bits per heavy atom. The molecule has 0 spiro atoms. The molecule has 14 rings (SSSR count). The van der Waals surface area contributed by atoms with Gasteiger partial charge in [-0.15, -0.1) is 0 Å². The van der Waals surface area contributed by atoms with Crippen LogP contribution in [0.25, 0.3) is 0 Å². The molecule has 20 nitrogen and oxygen atoms in total. The highest BCUT2D eigenvalue weighted by Gasteiger charge is 2.83. The Kier molecular flexibility index (Phi) is 17.8. The molecule has 0 aliphatic carbocycles. The van der Waals surface area contributed by atoms with Crippen molar-refractivity contribution in [3.05, 3.63) is 0 Å². The van der Waals surface area contributed by atoms with E-state index in [0.717, 1.165) is 207 Å². The molecule has 0 saturated carbocycles. The number of hydrogen-bond acceptors (Lipinski definition) is 20. The first-order valence-corrected chi connectivity index (χ1v) is 45.9. The number of rotatable bonds is 40. The van der Waals surface area contributed by atoms with Crippen LogP contribution in [0.15, 0.2) is 0 Å². The smallest absolute Gasteiger partial charge is 0.373 e. The van der Waals surface area contributed by atoms with Gasteiger partial charge in [0.1, 0.15) is 0 Å². The normalized spacial score (nSPS) is 45.5. The van der Waals surface area contributed by atoms with Crippen LogP contribution < -0.4 is 0 Å². The van der Waals surface area contributed by atoms with Crippen molar-refractivity contribution in [2.24, 2.45) is 0 Å². The van der Waals surface area contributed by atoms with Gasteiger partial charge < -0.3 is 87.3 Å². The molecule has 14 aliphatic heterocycles. The van der Waals surface area contributed by atoms with Crippen LogP contribution in [0.4, 0.5) is 0 Å². The maximum Gasteiger partial charge on any atom is 0.478 e. The Balaban J connectivity index is 0.949. The minimum Gasteiger partial charge on any atom is -0.373 e. The molecule has 8 bridgehead atoms. The monoisotopic (exact) mass is 1210 g/mol. The van der Waals surface area contributed by atoms with Crippen LogP contribution in [0.3, 0.4) is 0 Å². The summed E-state index contributed by atoms with van der Waals surface area (Å²) >= 11 is 0. The molecular formula is C48H88O20Si8. The predicted molar refractivity (Wildman–Crippen MR) is 286 cm³/mol. The second kappa shape index (κ2) is 24.1. The molecule has 14 saturated heterocycles. The molecule has 0 N–H and O–H groups in total. The van der Waals surface area contributed by atoms with E-state index in [1.807, 2.05) is 0 Å².